The highest BCUT2D eigenvalue weighted by molar-refractivity contribution is 6.84. The lowest BCUT2D eigenvalue weighted by Gasteiger charge is -2.33. The molecule has 59 heavy (non-hydrogen) atoms. The second-order valence-corrected chi connectivity index (χ2v) is 15.6. The molecule has 11 aromatic rings. The number of aromatic nitrogens is 1. The predicted molar refractivity (Wildman–Crippen MR) is 242 cm³/mol. The Hall–Kier alpha value is -7.76. The maximum absolute atomic E-state index is 6.92. The number of furan rings is 1. The summed E-state index contributed by atoms with van der Waals surface area (Å²) in [5, 5.41) is 4.74. The Labute approximate surface area is 340 Å². The third-order valence-corrected chi connectivity index (χ3v) is 12.3. The van der Waals surface area contributed by atoms with Gasteiger partial charge >= 0.3 is 6.92 Å². The Morgan fingerprint density at radius 3 is 1.83 bits per heavy atom. The molecule has 0 fully saturated rings. The average Bonchev–Trinajstić information content (AvgIpc) is 3.84. The Morgan fingerprint density at radius 1 is 0.373 bits per heavy atom. The van der Waals surface area contributed by atoms with E-state index in [-0.39, 0.29) is 6.92 Å². The van der Waals surface area contributed by atoms with Crippen LogP contribution < -0.4 is 20.3 Å². The molecular formula is C54H32BNO3. The van der Waals surface area contributed by atoms with E-state index in [9.17, 15) is 0 Å². The Morgan fingerprint density at radius 2 is 1.00 bits per heavy atom. The number of ether oxygens (including phenoxy) is 1. The number of fused-ring (bicyclic) bond motifs is 10. The van der Waals surface area contributed by atoms with Crippen LogP contribution in [-0.2, 0) is 0 Å². The zero-order valence-corrected chi connectivity index (χ0v) is 31.7. The van der Waals surface area contributed by atoms with Crippen molar-refractivity contribution < 1.29 is 13.8 Å². The minimum Gasteiger partial charge on any atom is -0.551 e. The number of nitrogens with zero attached hydrogens (tertiary/aromatic N) is 1. The summed E-state index contributed by atoms with van der Waals surface area (Å²) in [6, 6.07) is 69.0. The van der Waals surface area contributed by atoms with Crippen molar-refractivity contribution in [1.29, 1.82) is 0 Å². The lowest BCUT2D eigenvalue weighted by molar-refractivity contribution is 0.479. The van der Waals surface area contributed by atoms with Crippen molar-refractivity contribution in [1.82, 2.24) is 4.57 Å². The molecule has 5 heteroatoms. The summed E-state index contributed by atoms with van der Waals surface area (Å²) >= 11 is 0. The van der Waals surface area contributed by atoms with E-state index < -0.39 is 0 Å². The fourth-order valence-corrected chi connectivity index (χ4v) is 9.52. The molecule has 0 saturated carbocycles. The lowest BCUT2D eigenvalue weighted by Crippen LogP contribution is -2.53. The summed E-state index contributed by atoms with van der Waals surface area (Å²) < 4.78 is 22.2. The van der Waals surface area contributed by atoms with E-state index in [1.165, 1.54) is 21.8 Å². The van der Waals surface area contributed by atoms with Gasteiger partial charge in [0.05, 0.1) is 11.0 Å². The molecule has 2 aromatic heterocycles. The van der Waals surface area contributed by atoms with Crippen LogP contribution in [0, 0.1) is 0 Å². The molecule has 0 unspecified atom stereocenters. The van der Waals surface area contributed by atoms with Gasteiger partial charge in [-0.3, -0.25) is 0 Å². The van der Waals surface area contributed by atoms with Crippen molar-refractivity contribution in [3.05, 3.63) is 194 Å². The van der Waals surface area contributed by atoms with Gasteiger partial charge in [-0.05, 0) is 118 Å². The maximum atomic E-state index is 6.92. The maximum Gasteiger partial charge on any atom is 0.434 e. The van der Waals surface area contributed by atoms with Gasteiger partial charge < -0.3 is 18.4 Å². The molecule has 0 N–H and O–H groups in total. The quantitative estimate of drug-likeness (QED) is 0.168. The fourth-order valence-electron chi connectivity index (χ4n) is 9.52. The van der Waals surface area contributed by atoms with Crippen molar-refractivity contribution in [2.75, 3.05) is 0 Å². The molecule has 0 radical (unpaired) electrons. The summed E-state index contributed by atoms with van der Waals surface area (Å²) in [6.07, 6.45) is 0. The fraction of sp³-hybridized carbons (Fsp3) is 0. The van der Waals surface area contributed by atoms with Crippen molar-refractivity contribution >= 4 is 61.6 Å². The molecule has 0 aliphatic carbocycles. The normalized spacial score (nSPS) is 12.6. The van der Waals surface area contributed by atoms with Crippen LogP contribution in [0.5, 0.6) is 17.2 Å². The third-order valence-electron chi connectivity index (χ3n) is 12.3. The molecule has 0 bridgehead atoms. The second kappa shape index (κ2) is 12.4. The first-order chi connectivity index (χ1) is 29.2. The van der Waals surface area contributed by atoms with E-state index >= 15 is 0 Å². The largest absolute Gasteiger partial charge is 0.551 e. The van der Waals surface area contributed by atoms with Gasteiger partial charge in [-0.25, -0.2) is 0 Å². The molecule has 4 nitrogen and oxygen atoms in total. The molecule has 2 aliphatic heterocycles. The minimum absolute atomic E-state index is 0.279. The lowest BCUT2D eigenvalue weighted by atomic mass is 9.50. The second-order valence-electron chi connectivity index (χ2n) is 15.6. The first-order valence-electron chi connectivity index (χ1n) is 20.1. The number of rotatable bonds is 4. The SMILES string of the molecule is c1cc(-c2ccc3c(c2)-c2cc(-c4cccc(-n5c6ccccc6c6ccccc65)c4)cc4c2B(O3)c2ccccc2O4)cc(-c2ccc3oc4ccccc4c3c2)c1. The number of benzene rings is 9. The van der Waals surface area contributed by atoms with Crippen LogP contribution >= 0.6 is 0 Å². The first kappa shape index (κ1) is 32.3. The summed E-state index contributed by atoms with van der Waals surface area (Å²) in [5.41, 5.74) is 16.3. The van der Waals surface area contributed by atoms with Crippen molar-refractivity contribution in [2.24, 2.45) is 0 Å². The van der Waals surface area contributed by atoms with Crippen molar-refractivity contribution in [3.8, 4) is 67.4 Å². The van der Waals surface area contributed by atoms with Gasteiger partial charge in [-0.15, -0.1) is 0 Å². The number of hydrogen-bond acceptors (Lipinski definition) is 3. The van der Waals surface area contributed by atoms with Crippen molar-refractivity contribution in [3.63, 3.8) is 0 Å². The monoisotopic (exact) mass is 753 g/mol. The van der Waals surface area contributed by atoms with Crippen LogP contribution in [0.3, 0.4) is 0 Å². The van der Waals surface area contributed by atoms with E-state index in [2.05, 4.69) is 174 Å². The zero-order valence-electron chi connectivity index (χ0n) is 31.7. The smallest absolute Gasteiger partial charge is 0.434 e. The summed E-state index contributed by atoms with van der Waals surface area (Å²) in [6.45, 7) is -0.279. The van der Waals surface area contributed by atoms with Crippen LogP contribution in [0.25, 0.3) is 93.9 Å². The highest BCUT2D eigenvalue weighted by Crippen LogP contribution is 2.44. The zero-order chi connectivity index (χ0) is 38.6. The average molecular weight is 754 g/mol. The van der Waals surface area contributed by atoms with E-state index in [0.717, 1.165) is 100 Å². The molecule has 0 spiro atoms. The highest BCUT2D eigenvalue weighted by Gasteiger charge is 2.41. The predicted octanol–water partition coefficient (Wildman–Crippen LogP) is 13.0. The Kier molecular flexibility index (Phi) is 6.78. The molecule has 0 atom stereocenters. The molecule has 13 rings (SSSR count). The first-order valence-corrected chi connectivity index (χ1v) is 20.1. The highest BCUT2D eigenvalue weighted by atomic mass is 16.5. The van der Waals surface area contributed by atoms with Gasteiger partial charge in [-0.1, -0.05) is 115 Å². The van der Waals surface area contributed by atoms with E-state index in [1.54, 1.807) is 0 Å². The van der Waals surface area contributed by atoms with E-state index in [4.69, 9.17) is 13.8 Å². The number of hydrogen-bond donors (Lipinski definition) is 0. The summed E-state index contributed by atoms with van der Waals surface area (Å²) in [5.74, 6) is 2.51. The van der Waals surface area contributed by atoms with Crippen LogP contribution in [0.4, 0.5) is 0 Å². The van der Waals surface area contributed by atoms with Gasteiger partial charge in [0.25, 0.3) is 0 Å². The summed E-state index contributed by atoms with van der Waals surface area (Å²) in [7, 11) is 0. The van der Waals surface area contributed by atoms with Gasteiger partial charge in [0, 0.05) is 43.7 Å². The third kappa shape index (κ3) is 4.92. The van der Waals surface area contributed by atoms with Gasteiger partial charge in [0.2, 0.25) is 0 Å². The van der Waals surface area contributed by atoms with Gasteiger partial charge in [-0.2, -0.15) is 0 Å². The Bertz CT molecular complexity index is 3490. The molecule has 9 aromatic carbocycles. The number of para-hydroxylation sites is 4. The molecule has 0 saturated heterocycles. The van der Waals surface area contributed by atoms with E-state index in [0.29, 0.717) is 0 Å². The van der Waals surface area contributed by atoms with Crippen LogP contribution in [-0.4, -0.2) is 11.5 Å². The molecule has 0 amide bonds. The van der Waals surface area contributed by atoms with Crippen LogP contribution in [0.1, 0.15) is 0 Å². The van der Waals surface area contributed by atoms with Crippen molar-refractivity contribution in [2.45, 2.75) is 0 Å². The molecule has 2 aliphatic rings. The molecule has 274 valence electrons. The van der Waals surface area contributed by atoms with E-state index in [1.807, 2.05) is 24.3 Å². The topological polar surface area (TPSA) is 36.5 Å². The van der Waals surface area contributed by atoms with Gasteiger partial charge in [0.1, 0.15) is 28.4 Å². The molecule has 4 heterocycles. The van der Waals surface area contributed by atoms with Crippen LogP contribution in [0.2, 0.25) is 0 Å². The standard InChI is InChI=1S/C54H32BNO3/c1-5-19-47-40(15-1)41-16-2-6-20-48(41)56(47)39-14-10-13-35(28-39)38-31-45-44-30-37(24-26-51(44)59-55-46-18-4-8-22-52(46)58-53(32-38)54(45)55)34-12-9-11-33(27-34)36-23-25-50-43(29-36)42-17-3-7-21-49(42)57-50/h1-32H. The Balaban J connectivity index is 0.952. The van der Waals surface area contributed by atoms with Gasteiger partial charge in [0.15, 0.2) is 0 Å². The van der Waals surface area contributed by atoms with Crippen LogP contribution in [0.15, 0.2) is 199 Å². The molecular weight excluding hydrogens is 721 g/mol. The minimum atomic E-state index is -0.279. The summed E-state index contributed by atoms with van der Waals surface area (Å²) in [4.78, 5) is 0.